The number of hydrogen-bond donors (Lipinski definition) is 2. The Kier molecular flexibility index (Phi) is 8.11. The van der Waals surface area contributed by atoms with Gasteiger partial charge in [0.25, 0.3) is 5.91 Å². The highest BCUT2D eigenvalue weighted by atomic mass is 19.1. The first kappa shape index (κ1) is 27.1. The molecule has 5 rings (SSSR count). The summed E-state index contributed by atoms with van der Waals surface area (Å²) in [6, 6.07) is 4.71. The predicted octanol–water partition coefficient (Wildman–Crippen LogP) is 4.95. The van der Waals surface area contributed by atoms with Crippen LogP contribution in [0.5, 0.6) is 0 Å². The van der Waals surface area contributed by atoms with Gasteiger partial charge in [0.1, 0.15) is 17.0 Å². The number of rotatable bonds is 8. The van der Waals surface area contributed by atoms with Crippen LogP contribution in [0, 0.1) is 17.7 Å². The van der Waals surface area contributed by atoms with Gasteiger partial charge in [0, 0.05) is 30.3 Å². The third-order valence-electron chi connectivity index (χ3n) is 7.93. The standard InChI is InChI=1S/C29H36FN5O4/c1-4-35-23(12-14-31-35)28(36)34-25(18-8-6-17(3)7-9-18)27-32-22-11-10-19(24(30)26(22)33-27)21-16-38-15-13-20(21)29(37)39-5-2/h10-12,14,17-18,25H,4-9,13,15-16H2,1-3H3,(H,32,33)(H,34,36)/t17?,18?,25-/m0/s1. The molecule has 1 amide bonds. The Bertz CT molecular complexity index is 1390. The molecular formula is C29H36FN5O4. The van der Waals surface area contributed by atoms with Crippen molar-refractivity contribution in [3.63, 3.8) is 0 Å². The molecule has 3 heterocycles. The van der Waals surface area contributed by atoms with Crippen molar-refractivity contribution in [3.8, 4) is 0 Å². The maximum Gasteiger partial charge on any atom is 0.334 e. The number of aromatic nitrogens is 4. The van der Waals surface area contributed by atoms with E-state index in [1.165, 1.54) is 0 Å². The minimum Gasteiger partial charge on any atom is -0.463 e. The van der Waals surface area contributed by atoms with Crippen LogP contribution in [-0.4, -0.2) is 51.4 Å². The Morgan fingerprint density at radius 3 is 2.77 bits per heavy atom. The number of ether oxygens (including phenoxy) is 2. The van der Waals surface area contributed by atoms with Crippen LogP contribution in [0.1, 0.15) is 80.8 Å². The molecule has 0 radical (unpaired) electrons. The van der Waals surface area contributed by atoms with Crippen LogP contribution in [0.3, 0.4) is 0 Å². The van der Waals surface area contributed by atoms with E-state index >= 15 is 4.39 Å². The maximum atomic E-state index is 16.0. The van der Waals surface area contributed by atoms with Crippen LogP contribution >= 0.6 is 0 Å². The number of hydrogen-bond acceptors (Lipinski definition) is 6. The summed E-state index contributed by atoms with van der Waals surface area (Å²) in [5, 5.41) is 7.41. The minimum absolute atomic E-state index is 0.123. The molecule has 1 aliphatic carbocycles. The second kappa shape index (κ2) is 11.7. The monoisotopic (exact) mass is 537 g/mol. The van der Waals surface area contributed by atoms with E-state index in [1.54, 1.807) is 36.0 Å². The van der Waals surface area contributed by atoms with E-state index in [9.17, 15) is 9.59 Å². The van der Waals surface area contributed by atoms with Crippen LogP contribution in [0.25, 0.3) is 16.6 Å². The lowest BCUT2D eigenvalue weighted by Crippen LogP contribution is -2.36. The van der Waals surface area contributed by atoms with Gasteiger partial charge in [-0.15, -0.1) is 0 Å². The quantitative estimate of drug-likeness (QED) is 0.393. The van der Waals surface area contributed by atoms with E-state index in [4.69, 9.17) is 14.5 Å². The van der Waals surface area contributed by atoms with Gasteiger partial charge in [-0.2, -0.15) is 5.10 Å². The fourth-order valence-corrected chi connectivity index (χ4v) is 5.73. The molecule has 10 heteroatoms. The van der Waals surface area contributed by atoms with Gasteiger partial charge in [-0.1, -0.05) is 19.8 Å². The highest BCUT2D eigenvalue weighted by Crippen LogP contribution is 2.38. The first-order valence-electron chi connectivity index (χ1n) is 13.9. The summed E-state index contributed by atoms with van der Waals surface area (Å²) in [7, 11) is 0. The summed E-state index contributed by atoms with van der Waals surface area (Å²) < 4.78 is 28.4. The lowest BCUT2D eigenvalue weighted by Gasteiger charge is -2.32. The molecule has 1 atom stereocenters. The lowest BCUT2D eigenvalue weighted by atomic mass is 9.79. The number of nitrogens with zero attached hydrogens (tertiary/aromatic N) is 3. The minimum atomic E-state index is -0.524. The number of aryl methyl sites for hydroxylation is 1. The Balaban J connectivity index is 1.52. The van der Waals surface area contributed by atoms with Crippen molar-refractivity contribution >= 4 is 28.5 Å². The number of fused-ring (bicyclic) bond motifs is 1. The van der Waals surface area contributed by atoms with Gasteiger partial charge in [-0.25, -0.2) is 14.2 Å². The van der Waals surface area contributed by atoms with Gasteiger partial charge in [0.05, 0.1) is 31.4 Å². The SMILES string of the molecule is CCOC(=O)C1=C(c2ccc3[nH]c([C@@H](NC(=O)c4ccnn4CC)C4CCC(C)CC4)nc3c2F)COCC1. The zero-order valence-corrected chi connectivity index (χ0v) is 22.8. The highest BCUT2D eigenvalue weighted by molar-refractivity contribution is 5.99. The Morgan fingerprint density at radius 2 is 2.03 bits per heavy atom. The van der Waals surface area contributed by atoms with E-state index in [0.29, 0.717) is 53.7 Å². The summed E-state index contributed by atoms with van der Waals surface area (Å²) in [6.45, 7) is 7.25. The fraction of sp³-hybridized carbons (Fsp3) is 0.517. The Hall–Kier alpha value is -3.53. The predicted molar refractivity (Wildman–Crippen MR) is 144 cm³/mol. The zero-order chi connectivity index (χ0) is 27.5. The number of nitrogens with one attached hydrogen (secondary N) is 2. The summed E-state index contributed by atoms with van der Waals surface area (Å²) in [4.78, 5) is 33.9. The van der Waals surface area contributed by atoms with Crippen LogP contribution in [-0.2, 0) is 20.8 Å². The summed E-state index contributed by atoms with van der Waals surface area (Å²) in [5.41, 5.74) is 2.39. The lowest BCUT2D eigenvalue weighted by molar-refractivity contribution is -0.138. The van der Waals surface area contributed by atoms with Crippen LogP contribution in [0.4, 0.5) is 4.39 Å². The third-order valence-corrected chi connectivity index (χ3v) is 7.93. The van der Waals surface area contributed by atoms with Crippen LogP contribution < -0.4 is 5.32 Å². The normalized spacial score (nSPS) is 20.7. The van der Waals surface area contributed by atoms with Gasteiger partial charge >= 0.3 is 5.97 Å². The number of aromatic amines is 1. The number of benzene rings is 1. The third kappa shape index (κ3) is 5.48. The second-order valence-corrected chi connectivity index (χ2v) is 10.4. The first-order valence-corrected chi connectivity index (χ1v) is 13.9. The molecule has 2 aromatic heterocycles. The number of esters is 1. The van der Waals surface area contributed by atoms with Crippen molar-refractivity contribution < 1.29 is 23.5 Å². The molecule has 3 aromatic rings. The molecule has 0 spiro atoms. The number of H-pyrrole nitrogens is 1. The summed E-state index contributed by atoms with van der Waals surface area (Å²) >= 11 is 0. The molecule has 39 heavy (non-hydrogen) atoms. The smallest absolute Gasteiger partial charge is 0.334 e. The van der Waals surface area contributed by atoms with Crippen molar-refractivity contribution in [1.82, 2.24) is 25.1 Å². The second-order valence-electron chi connectivity index (χ2n) is 10.4. The molecule has 2 aliphatic rings. The fourth-order valence-electron chi connectivity index (χ4n) is 5.73. The zero-order valence-electron chi connectivity index (χ0n) is 22.8. The molecule has 1 aromatic carbocycles. The molecule has 9 nitrogen and oxygen atoms in total. The van der Waals surface area contributed by atoms with E-state index in [1.807, 2.05) is 6.92 Å². The van der Waals surface area contributed by atoms with Gasteiger partial charge in [0.15, 0.2) is 5.82 Å². The van der Waals surface area contributed by atoms with E-state index < -0.39 is 17.8 Å². The van der Waals surface area contributed by atoms with E-state index in [2.05, 4.69) is 22.3 Å². The average Bonchev–Trinajstić information content (AvgIpc) is 3.60. The molecular weight excluding hydrogens is 501 g/mol. The molecule has 208 valence electrons. The highest BCUT2D eigenvalue weighted by Gasteiger charge is 2.32. The molecule has 2 N–H and O–H groups in total. The molecule has 1 aliphatic heterocycles. The topological polar surface area (TPSA) is 111 Å². The first-order chi connectivity index (χ1) is 18.9. The van der Waals surface area contributed by atoms with Crippen LogP contribution in [0.15, 0.2) is 30.0 Å². The Morgan fingerprint density at radius 1 is 1.23 bits per heavy atom. The molecule has 1 fully saturated rings. The van der Waals surface area contributed by atoms with E-state index in [0.717, 1.165) is 25.7 Å². The number of imidazole rings is 1. The van der Waals surface area contributed by atoms with E-state index in [-0.39, 0.29) is 36.1 Å². The van der Waals surface area contributed by atoms with Crippen LogP contribution in [0.2, 0.25) is 0 Å². The number of halogens is 1. The van der Waals surface area contributed by atoms with Crippen molar-refractivity contribution in [2.75, 3.05) is 19.8 Å². The van der Waals surface area contributed by atoms with Crippen molar-refractivity contribution in [3.05, 3.63) is 52.9 Å². The number of carbonyl (C=O) groups is 2. The molecule has 0 saturated heterocycles. The number of amides is 1. The maximum absolute atomic E-state index is 16.0. The molecule has 0 unspecified atom stereocenters. The molecule has 1 saturated carbocycles. The van der Waals surface area contributed by atoms with Gasteiger partial charge < -0.3 is 19.8 Å². The van der Waals surface area contributed by atoms with Crippen molar-refractivity contribution in [2.45, 2.75) is 65.5 Å². The Labute approximate surface area is 227 Å². The van der Waals surface area contributed by atoms with Gasteiger partial charge in [-0.3, -0.25) is 9.48 Å². The molecule has 0 bridgehead atoms. The summed E-state index contributed by atoms with van der Waals surface area (Å²) in [5.74, 6) is 0.118. The average molecular weight is 538 g/mol. The largest absolute Gasteiger partial charge is 0.463 e. The van der Waals surface area contributed by atoms with Crippen molar-refractivity contribution in [1.29, 1.82) is 0 Å². The summed E-state index contributed by atoms with van der Waals surface area (Å²) in [6.07, 6.45) is 5.98. The van der Waals surface area contributed by atoms with Gasteiger partial charge in [0.2, 0.25) is 0 Å². The number of carbonyl (C=O) groups excluding carboxylic acids is 2. The van der Waals surface area contributed by atoms with Gasteiger partial charge in [-0.05, 0) is 62.3 Å². The van der Waals surface area contributed by atoms with Crippen molar-refractivity contribution in [2.24, 2.45) is 11.8 Å².